The molecule has 1 saturated heterocycles. The summed E-state index contributed by atoms with van der Waals surface area (Å²) in [4.78, 5) is 17.1. The lowest BCUT2D eigenvalue weighted by Crippen LogP contribution is -2.59. The zero-order valence-electron chi connectivity index (χ0n) is 13.1. The van der Waals surface area contributed by atoms with Crippen LogP contribution in [0.15, 0.2) is 6.20 Å². The van der Waals surface area contributed by atoms with E-state index in [0.29, 0.717) is 23.6 Å². The van der Waals surface area contributed by atoms with Gasteiger partial charge in [0.05, 0.1) is 21.8 Å². The van der Waals surface area contributed by atoms with Crippen LogP contribution in [0.4, 0.5) is 0 Å². The Morgan fingerprint density at radius 1 is 1.33 bits per heavy atom. The van der Waals surface area contributed by atoms with Gasteiger partial charge in [-0.3, -0.25) is 14.4 Å². The van der Waals surface area contributed by atoms with Gasteiger partial charge in [-0.25, -0.2) is 0 Å². The highest BCUT2D eigenvalue weighted by Crippen LogP contribution is 2.19. The molecule has 0 aliphatic carbocycles. The topological polar surface area (TPSA) is 67.4 Å². The average molecular weight is 309 g/mol. The quantitative estimate of drug-likeness (QED) is 0.826. The van der Waals surface area contributed by atoms with Crippen molar-refractivity contribution < 1.29 is 4.79 Å². The number of rotatable bonds is 3. The molecule has 0 atom stereocenters. The van der Waals surface area contributed by atoms with Gasteiger partial charge in [-0.05, 0) is 20.8 Å². The van der Waals surface area contributed by atoms with Crippen molar-refractivity contribution in [3.05, 3.63) is 17.5 Å². The van der Waals surface area contributed by atoms with Gasteiger partial charge >= 0.3 is 0 Å². The molecule has 1 aliphatic rings. The highest BCUT2D eigenvalue weighted by Gasteiger charge is 2.33. The van der Waals surface area contributed by atoms with Crippen molar-refractivity contribution in [1.82, 2.24) is 19.6 Å². The Hall–Kier alpha value is -1.47. The van der Waals surface area contributed by atoms with Crippen LogP contribution < -0.4 is 5.73 Å². The molecule has 1 aromatic heterocycles. The Kier molecular flexibility index (Phi) is 4.34. The summed E-state index contributed by atoms with van der Waals surface area (Å²) in [7, 11) is 1.83. The number of hydrogen-bond acceptors (Lipinski definition) is 4. The second-order valence-corrected chi connectivity index (χ2v) is 6.44. The molecule has 7 heteroatoms. The first-order valence-corrected chi connectivity index (χ1v) is 7.48. The van der Waals surface area contributed by atoms with Crippen LogP contribution in [0.3, 0.4) is 0 Å². The minimum Gasteiger partial charge on any atom is -0.392 e. The number of amides is 1. The van der Waals surface area contributed by atoms with Gasteiger partial charge in [-0.1, -0.05) is 12.2 Å². The van der Waals surface area contributed by atoms with Crippen LogP contribution >= 0.6 is 12.2 Å². The van der Waals surface area contributed by atoms with Crippen LogP contribution in [0.25, 0.3) is 0 Å². The van der Waals surface area contributed by atoms with Crippen molar-refractivity contribution >= 4 is 23.1 Å². The minimum absolute atomic E-state index is 0.0494. The van der Waals surface area contributed by atoms with E-state index in [-0.39, 0.29) is 11.4 Å². The highest BCUT2D eigenvalue weighted by molar-refractivity contribution is 7.80. The maximum atomic E-state index is 12.5. The van der Waals surface area contributed by atoms with E-state index in [0.717, 1.165) is 18.8 Å². The molecule has 0 bridgehead atoms. The van der Waals surface area contributed by atoms with Crippen molar-refractivity contribution in [2.24, 2.45) is 12.8 Å². The molecule has 2 heterocycles. The largest absolute Gasteiger partial charge is 0.392 e. The number of piperazine rings is 1. The molecule has 0 aromatic carbocycles. The number of hydrogen-bond donors (Lipinski definition) is 1. The van der Waals surface area contributed by atoms with Crippen LogP contribution in [0.5, 0.6) is 0 Å². The molecule has 1 aliphatic heterocycles. The SMILES string of the molecule is Cc1nn(C)cc1C(=O)N1CCN(C(C)(C)C(N)=S)CC1. The summed E-state index contributed by atoms with van der Waals surface area (Å²) in [5, 5.41) is 4.23. The molecule has 0 radical (unpaired) electrons. The van der Waals surface area contributed by atoms with Crippen molar-refractivity contribution in [2.45, 2.75) is 26.3 Å². The Balaban J connectivity index is 2.03. The highest BCUT2D eigenvalue weighted by atomic mass is 32.1. The average Bonchev–Trinajstić information content (AvgIpc) is 2.77. The summed E-state index contributed by atoms with van der Waals surface area (Å²) in [6.07, 6.45) is 1.78. The molecular formula is C14H23N5OS. The zero-order chi connectivity index (χ0) is 15.8. The van der Waals surface area contributed by atoms with E-state index < -0.39 is 0 Å². The van der Waals surface area contributed by atoms with Crippen LogP contribution in [0.2, 0.25) is 0 Å². The van der Waals surface area contributed by atoms with Crippen LogP contribution in [0, 0.1) is 6.92 Å². The molecule has 21 heavy (non-hydrogen) atoms. The molecule has 1 amide bonds. The number of aromatic nitrogens is 2. The molecule has 2 N–H and O–H groups in total. The number of thiocarbonyl (C=S) groups is 1. The number of carbonyl (C=O) groups is 1. The number of aryl methyl sites for hydroxylation is 2. The van der Waals surface area contributed by atoms with Crippen LogP contribution in [-0.2, 0) is 7.05 Å². The standard InChI is InChI=1S/C14H23N5OS/c1-10-11(9-17(4)16-10)12(20)18-5-7-19(8-6-18)14(2,3)13(15)21/h9H,5-8H2,1-4H3,(H2,15,21). The number of carbonyl (C=O) groups excluding carboxylic acids is 1. The third kappa shape index (κ3) is 3.08. The maximum Gasteiger partial charge on any atom is 0.257 e. The molecule has 116 valence electrons. The second kappa shape index (κ2) is 5.73. The second-order valence-electron chi connectivity index (χ2n) is 6.00. The van der Waals surface area contributed by atoms with E-state index in [1.807, 2.05) is 32.7 Å². The predicted molar refractivity (Wildman–Crippen MR) is 86.3 cm³/mol. The van der Waals surface area contributed by atoms with E-state index in [4.69, 9.17) is 18.0 Å². The summed E-state index contributed by atoms with van der Waals surface area (Å²) in [5.41, 5.74) is 6.95. The summed E-state index contributed by atoms with van der Waals surface area (Å²) in [6, 6.07) is 0. The molecular weight excluding hydrogens is 286 g/mol. The fraction of sp³-hybridized carbons (Fsp3) is 0.643. The van der Waals surface area contributed by atoms with Gasteiger partial charge in [0, 0.05) is 39.4 Å². The first kappa shape index (κ1) is 15.9. The first-order valence-electron chi connectivity index (χ1n) is 7.08. The van der Waals surface area contributed by atoms with E-state index >= 15 is 0 Å². The summed E-state index contributed by atoms with van der Waals surface area (Å²) >= 11 is 5.13. The smallest absolute Gasteiger partial charge is 0.257 e. The molecule has 6 nitrogen and oxygen atoms in total. The lowest BCUT2D eigenvalue weighted by Gasteiger charge is -2.43. The fourth-order valence-corrected chi connectivity index (χ4v) is 2.73. The lowest BCUT2D eigenvalue weighted by atomic mass is 10.0. The van der Waals surface area contributed by atoms with E-state index in [9.17, 15) is 4.79 Å². The number of nitrogens with two attached hydrogens (primary N) is 1. The monoisotopic (exact) mass is 309 g/mol. The summed E-state index contributed by atoms with van der Waals surface area (Å²) in [5.74, 6) is 0.0494. The number of nitrogens with zero attached hydrogens (tertiary/aromatic N) is 4. The van der Waals surface area contributed by atoms with E-state index in [1.54, 1.807) is 10.9 Å². The molecule has 0 unspecified atom stereocenters. The van der Waals surface area contributed by atoms with Crippen LogP contribution in [-0.4, -0.2) is 62.2 Å². The molecule has 0 spiro atoms. The fourth-order valence-electron chi connectivity index (χ4n) is 2.60. The van der Waals surface area contributed by atoms with E-state index in [2.05, 4.69) is 10.00 Å². The minimum atomic E-state index is -0.311. The van der Waals surface area contributed by atoms with Gasteiger partial charge in [0.15, 0.2) is 0 Å². The zero-order valence-corrected chi connectivity index (χ0v) is 13.9. The normalized spacial score (nSPS) is 17.0. The molecule has 0 saturated carbocycles. The first-order chi connectivity index (χ1) is 9.73. The molecule has 1 fully saturated rings. The third-order valence-electron chi connectivity index (χ3n) is 4.20. The van der Waals surface area contributed by atoms with Gasteiger partial charge in [-0.15, -0.1) is 0 Å². The van der Waals surface area contributed by atoms with Gasteiger partial charge in [0.25, 0.3) is 5.91 Å². The Bertz CT molecular complexity index is 558. The van der Waals surface area contributed by atoms with Crippen molar-refractivity contribution in [2.75, 3.05) is 26.2 Å². The molecule has 2 rings (SSSR count). The van der Waals surface area contributed by atoms with Crippen LogP contribution in [0.1, 0.15) is 29.9 Å². The van der Waals surface area contributed by atoms with Crippen molar-refractivity contribution in [3.8, 4) is 0 Å². The predicted octanol–water partition coefficient (Wildman–Crippen LogP) is 0.551. The van der Waals surface area contributed by atoms with Crippen molar-refractivity contribution in [3.63, 3.8) is 0 Å². The third-order valence-corrected chi connectivity index (χ3v) is 4.70. The molecule has 1 aromatic rings. The van der Waals surface area contributed by atoms with Gasteiger partial charge in [0.1, 0.15) is 0 Å². The van der Waals surface area contributed by atoms with Crippen molar-refractivity contribution in [1.29, 1.82) is 0 Å². The summed E-state index contributed by atoms with van der Waals surface area (Å²) in [6.45, 7) is 8.82. The maximum absolute atomic E-state index is 12.5. The van der Waals surface area contributed by atoms with Gasteiger partial charge < -0.3 is 10.6 Å². The summed E-state index contributed by atoms with van der Waals surface area (Å²) < 4.78 is 1.68. The van der Waals surface area contributed by atoms with E-state index in [1.165, 1.54) is 0 Å². The van der Waals surface area contributed by atoms with Gasteiger partial charge in [0.2, 0.25) is 0 Å². The lowest BCUT2D eigenvalue weighted by molar-refractivity contribution is 0.0539. The Labute approximate surface area is 130 Å². The Morgan fingerprint density at radius 2 is 1.90 bits per heavy atom. The Morgan fingerprint density at radius 3 is 2.33 bits per heavy atom. The van der Waals surface area contributed by atoms with Gasteiger partial charge in [-0.2, -0.15) is 5.10 Å².